The molecule has 0 saturated heterocycles. The first kappa shape index (κ1) is 10.7. The number of nitrogens with zero attached hydrogens (tertiary/aromatic N) is 2. The summed E-state index contributed by atoms with van der Waals surface area (Å²) in [5, 5.41) is 12.6. The Morgan fingerprint density at radius 2 is 2.47 bits per heavy atom. The number of aryl methyl sites for hydroxylation is 1. The topological polar surface area (TPSA) is 38.0 Å². The maximum atomic E-state index is 10.1. The van der Waals surface area contributed by atoms with Crippen LogP contribution in [-0.4, -0.2) is 14.7 Å². The first-order valence-corrected chi connectivity index (χ1v) is 5.91. The minimum Gasteiger partial charge on any atom is -0.379 e. The summed E-state index contributed by atoms with van der Waals surface area (Å²) in [5.74, 6) is 0.641. The van der Waals surface area contributed by atoms with Gasteiger partial charge in [-0.15, -0.1) is 11.3 Å². The Morgan fingerprint density at radius 1 is 1.67 bits per heavy atom. The lowest BCUT2D eigenvalue weighted by Crippen LogP contribution is -2.07. The number of imidazole rings is 1. The van der Waals surface area contributed by atoms with Crippen LogP contribution < -0.4 is 0 Å². The van der Waals surface area contributed by atoms with Crippen LogP contribution in [0.3, 0.4) is 0 Å². The van der Waals surface area contributed by atoms with Crippen LogP contribution in [0, 0.1) is 0 Å². The summed E-state index contributed by atoms with van der Waals surface area (Å²) in [6.07, 6.45) is 2.80. The van der Waals surface area contributed by atoms with Crippen LogP contribution in [0.1, 0.15) is 23.7 Å². The Labute approximate surface area is 97.0 Å². The zero-order valence-electron chi connectivity index (χ0n) is 8.22. The fraction of sp³-hybridized carbons (Fsp3) is 0.300. The highest BCUT2D eigenvalue weighted by Crippen LogP contribution is 2.31. The second-order valence-corrected chi connectivity index (χ2v) is 4.46. The Balaban J connectivity index is 2.36. The maximum absolute atomic E-state index is 10.1. The molecule has 2 rings (SSSR count). The SMILES string of the molecule is CCn1ccnc1C(O)c1sccc1Cl. The van der Waals surface area contributed by atoms with Gasteiger partial charge in [0.05, 0.1) is 9.90 Å². The van der Waals surface area contributed by atoms with Crippen molar-refractivity contribution in [3.05, 3.63) is 39.6 Å². The van der Waals surface area contributed by atoms with Crippen LogP contribution in [0.25, 0.3) is 0 Å². The van der Waals surface area contributed by atoms with E-state index in [1.807, 2.05) is 23.1 Å². The van der Waals surface area contributed by atoms with E-state index in [4.69, 9.17) is 11.6 Å². The van der Waals surface area contributed by atoms with Gasteiger partial charge in [0, 0.05) is 18.9 Å². The predicted octanol–water partition coefficient (Wildman–Crippen LogP) is 2.70. The quantitative estimate of drug-likeness (QED) is 0.899. The number of aliphatic hydroxyl groups is 1. The smallest absolute Gasteiger partial charge is 0.147 e. The molecule has 80 valence electrons. The Hall–Kier alpha value is -0.840. The molecule has 3 nitrogen and oxygen atoms in total. The lowest BCUT2D eigenvalue weighted by molar-refractivity contribution is 0.208. The third-order valence-electron chi connectivity index (χ3n) is 2.23. The van der Waals surface area contributed by atoms with E-state index < -0.39 is 6.10 Å². The van der Waals surface area contributed by atoms with Crippen molar-refractivity contribution in [3.63, 3.8) is 0 Å². The van der Waals surface area contributed by atoms with Gasteiger partial charge in [0.25, 0.3) is 0 Å². The molecule has 0 aliphatic heterocycles. The van der Waals surface area contributed by atoms with Crippen LogP contribution >= 0.6 is 22.9 Å². The highest BCUT2D eigenvalue weighted by molar-refractivity contribution is 7.10. The van der Waals surface area contributed by atoms with Crippen LogP contribution in [-0.2, 0) is 6.54 Å². The fourth-order valence-corrected chi connectivity index (χ4v) is 2.59. The molecule has 0 saturated carbocycles. The van der Waals surface area contributed by atoms with Gasteiger partial charge in [-0.2, -0.15) is 0 Å². The van der Waals surface area contributed by atoms with Crippen molar-refractivity contribution in [2.45, 2.75) is 19.6 Å². The molecule has 0 spiro atoms. The van der Waals surface area contributed by atoms with E-state index in [1.54, 1.807) is 12.3 Å². The first-order valence-electron chi connectivity index (χ1n) is 4.66. The number of aromatic nitrogens is 2. The Bertz CT molecular complexity index is 452. The molecule has 0 aliphatic carbocycles. The Kier molecular flexibility index (Phi) is 3.09. The fourth-order valence-electron chi connectivity index (χ4n) is 1.45. The van der Waals surface area contributed by atoms with Crippen molar-refractivity contribution >= 4 is 22.9 Å². The number of hydrogen-bond acceptors (Lipinski definition) is 3. The lowest BCUT2D eigenvalue weighted by atomic mass is 10.2. The average Bonchev–Trinajstić information content (AvgIpc) is 2.84. The third kappa shape index (κ3) is 1.93. The molecule has 1 N–H and O–H groups in total. The van der Waals surface area contributed by atoms with Gasteiger partial charge < -0.3 is 9.67 Å². The number of aliphatic hydroxyl groups excluding tert-OH is 1. The van der Waals surface area contributed by atoms with Crippen molar-refractivity contribution in [3.8, 4) is 0 Å². The molecule has 0 aromatic carbocycles. The van der Waals surface area contributed by atoms with Crippen molar-refractivity contribution in [1.29, 1.82) is 0 Å². The molecular formula is C10H11ClN2OS. The van der Waals surface area contributed by atoms with Gasteiger partial charge in [0.15, 0.2) is 0 Å². The first-order chi connectivity index (χ1) is 7.24. The molecule has 0 aliphatic rings. The normalized spacial score (nSPS) is 13.0. The van der Waals surface area contributed by atoms with Crippen LogP contribution in [0.15, 0.2) is 23.8 Å². The molecule has 0 radical (unpaired) electrons. The molecule has 0 amide bonds. The predicted molar refractivity (Wildman–Crippen MR) is 61.3 cm³/mol. The molecule has 1 atom stereocenters. The monoisotopic (exact) mass is 242 g/mol. The molecule has 2 aromatic rings. The minimum absolute atomic E-state index is 0.596. The zero-order chi connectivity index (χ0) is 10.8. The molecule has 0 bridgehead atoms. The third-order valence-corrected chi connectivity index (χ3v) is 3.64. The summed E-state index contributed by atoms with van der Waals surface area (Å²) in [6, 6.07) is 1.78. The van der Waals surface area contributed by atoms with Crippen LogP contribution in [0.5, 0.6) is 0 Å². The summed E-state index contributed by atoms with van der Waals surface area (Å²) < 4.78 is 1.90. The summed E-state index contributed by atoms with van der Waals surface area (Å²) >= 11 is 7.40. The zero-order valence-corrected chi connectivity index (χ0v) is 9.79. The number of thiophene rings is 1. The summed E-state index contributed by atoms with van der Waals surface area (Å²) in [6.45, 7) is 2.79. The van der Waals surface area contributed by atoms with Gasteiger partial charge in [-0.05, 0) is 18.4 Å². The highest BCUT2D eigenvalue weighted by Gasteiger charge is 2.19. The van der Waals surface area contributed by atoms with E-state index in [1.165, 1.54) is 11.3 Å². The van der Waals surface area contributed by atoms with Crippen LogP contribution in [0.2, 0.25) is 5.02 Å². The number of hydrogen-bond donors (Lipinski definition) is 1. The van der Waals surface area contributed by atoms with E-state index in [2.05, 4.69) is 4.98 Å². The second kappa shape index (κ2) is 4.35. The van der Waals surface area contributed by atoms with E-state index in [0.717, 1.165) is 11.4 Å². The van der Waals surface area contributed by atoms with E-state index in [-0.39, 0.29) is 0 Å². The van der Waals surface area contributed by atoms with Crippen LogP contribution in [0.4, 0.5) is 0 Å². The minimum atomic E-state index is -0.729. The lowest BCUT2D eigenvalue weighted by Gasteiger charge is -2.10. The molecule has 0 fully saturated rings. The van der Waals surface area contributed by atoms with Crippen molar-refractivity contribution in [2.24, 2.45) is 0 Å². The van der Waals surface area contributed by atoms with Crippen molar-refractivity contribution in [1.82, 2.24) is 9.55 Å². The summed E-state index contributed by atoms with van der Waals surface area (Å²) in [5.41, 5.74) is 0. The van der Waals surface area contributed by atoms with Crippen molar-refractivity contribution < 1.29 is 5.11 Å². The van der Waals surface area contributed by atoms with Gasteiger partial charge in [0.1, 0.15) is 11.9 Å². The van der Waals surface area contributed by atoms with E-state index in [0.29, 0.717) is 10.8 Å². The second-order valence-electron chi connectivity index (χ2n) is 3.11. The largest absolute Gasteiger partial charge is 0.379 e. The van der Waals surface area contributed by atoms with Gasteiger partial charge in [0.2, 0.25) is 0 Å². The van der Waals surface area contributed by atoms with E-state index >= 15 is 0 Å². The molecular weight excluding hydrogens is 232 g/mol. The van der Waals surface area contributed by atoms with Gasteiger partial charge in [-0.1, -0.05) is 11.6 Å². The molecule has 2 aromatic heterocycles. The maximum Gasteiger partial charge on any atom is 0.147 e. The standard InChI is InChI=1S/C10H11ClN2OS/c1-2-13-5-4-12-10(13)8(14)9-7(11)3-6-15-9/h3-6,8,14H,2H2,1H3. The van der Waals surface area contributed by atoms with E-state index in [9.17, 15) is 5.11 Å². The molecule has 5 heteroatoms. The number of rotatable bonds is 3. The van der Waals surface area contributed by atoms with Gasteiger partial charge >= 0.3 is 0 Å². The molecule has 1 unspecified atom stereocenters. The average molecular weight is 243 g/mol. The molecule has 15 heavy (non-hydrogen) atoms. The van der Waals surface area contributed by atoms with Gasteiger partial charge in [-0.25, -0.2) is 4.98 Å². The Morgan fingerprint density at radius 3 is 3.07 bits per heavy atom. The summed E-state index contributed by atoms with van der Waals surface area (Å²) in [4.78, 5) is 4.89. The highest BCUT2D eigenvalue weighted by atomic mass is 35.5. The van der Waals surface area contributed by atoms with Gasteiger partial charge in [-0.3, -0.25) is 0 Å². The molecule has 2 heterocycles. The number of halogens is 1. The summed E-state index contributed by atoms with van der Waals surface area (Å²) in [7, 11) is 0. The van der Waals surface area contributed by atoms with Crippen molar-refractivity contribution in [2.75, 3.05) is 0 Å².